The Kier molecular flexibility index (Phi) is 21.4. The molecule has 0 aromatic carbocycles. The molecule has 0 saturated heterocycles. The first-order valence-electron chi connectivity index (χ1n) is 9.38. The van der Waals surface area contributed by atoms with Crippen molar-refractivity contribution in [2.24, 2.45) is 5.84 Å². The minimum atomic E-state index is -0.0867. The summed E-state index contributed by atoms with van der Waals surface area (Å²) in [4.78, 5) is 10.9. The molecule has 0 aliphatic rings. The van der Waals surface area contributed by atoms with Gasteiger partial charge in [-0.2, -0.15) is 0 Å². The number of unbranched alkanes of at least 4 members (excludes halogenated alkanes) is 10. The summed E-state index contributed by atoms with van der Waals surface area (Å²) in [6, 6.07) is 0. The van der Waals surface area contributed by atoms with Crippen LogP contribution in [0.2, 0.25) is 0 Å². The second kappa shape index (κ2) is 19.7. The molecule has 0 aromatic rings. The lowest BCUT2D eigenvalue weighted by molar-refractivity contribution is -0.121. The first-order chi connectivity index (χ1) is 10.7. The number of hydrogen-bond acceptors (Lipinski definition) is 3. The van der Waals surface area contributed by atoms with E-state index in [9.17, 15) is 9.90 Å². The molecule has 0 fully saturated rings. The van der Waals surface area contributed by atoms with Crippen LogP contribution in [-0.4, -0.2) is 17.1 Å². The maximum Gasteiger partial charge on any atom is 0.233 e. The topological polar surface area (TPSA) is 75.3 Å². The molecule has 4 nitrogen and oxygen atoms in total. The number of nitrogens with one attached hydrogen (secondary N) is 1. The lowest BCUT2D eigenvalue weighted by Crippen LogP contribution is -2.29. The molecular weight excluding hydrogens is 312 g/mol. The molecule has 5 heteroatoms. The molecule has 4 N–H and O–H groups in total. The number of amides is 1. The van der Waals surface area contributed by atoms with E-state index in [0.717, 1.165) is 32.1 Å². The first kappa shape index (κ1) is 24.9. The van der Waals surface area contributed by atoms with Crippen molar-refractivity contribution in [3.8, 4) is 0 Å². The van der Waals surface area contributed by atoms with Gasteiger partial charge in [0.25, 0.3) is 0 Å². The van der Waals surface area contributed by atoms with Crippen LogP contribution >= 0.6 is 12.4 Å². The number of hydrazine groups is 1. The fraction of sp³-hybridized carbons (Fsp3) is 0.944. The number of aliphatic hydroxyl groups is 1. The first-order valence-corrected chi connectivity index (χ1v) is 9.38. The largest absolute Gasteiger partial charge is 0.393 e. The molecule has 0 aliphatic carbocycles. The second-order valence-electron chi connectivity index (χ2n) is 6.44. The zero-order chi connectivity index (χ0) is 16.5. The maximum atomic E-state index is 10.9. The zero-order valence-corrected chi connectivity index (χ0v) is 15.8. The van der Waals surface area contributed by atoms with Crippen LogP contribution in [0.5, 0.6) is 0 Å². The molecule has 0 saturated carbocycles. The number of hydrogen-bond donors (Lipinski definition) is 3. The molecule has 0 bridgehead atoms. The quantitative estimate of drug-likeness (QED) is 0.164. The Labute approximate surface area is 149 Å². The Morgan fingerprint density at radius 1 is 0.870 bits per heavy atom. The second-order valence-corrected chi connectivity index (χ2v) is 6.44. The van der Waals surface area contributed by atoms with E-state index < -0.39 is 0 Å². The van der Waals surface area contributed by atoms with Crippen molar-refractivity contribution < 1.29 is 9.90 Å². The van der Waals surface area contributed by atoms with E-state index in [-0.39, 0.29) is 24.4 Å². The summed E-state index contributed by atoms with van der Waals surface area (Å²) in [7, 11) is 0. The van der Waals surface area contributed by atoms with Crippen molar-refractivity contribution in [1.82, 2.24) is 5.43 Å². The SMILES string of the molecule is CCCCCCCC(O)CCCCCCCCCC(=O)NN.Cl. The minimum absolute atomic E-state index is 0. The van der Waals surface area contributed by atoms with Crippen LogP contribution in [0.1, 0.15) is 103 Å². The fourth-order valence-corrected chi connectivity index (χ4v) is 2.75. The molecule has 0 heterocycles. The minimum Gasteiger partial charge on any atom is -0.393 e. The summed E-state index contributed by atoms with van der Waals surface area (Å²) in [5, 5.41) is 9.91. The third kappa shape index (κ3) is 19.6. The van der Waals surface area contributed by atoms with Crippen molar-refractivity contribution in [3.05, 3.63) is 0 Å². The van der Waals surface area contributed by atoms with Crippen molar-refractivity contribution in [2.75, 3.05) is 0 Å². The molecule has 0 aliphatic heterocycles. The summed E-state index contributed by atoms with van der Waals surface area (Å²) in [5.41, 5.74) is 2.16. The van der Waals surface area contributed by atoms with Crippen LogP contribution in [-0.2, 0) is 4.79 Å². The molecule has 140 valence electrons. The van der Waals surface area contributed by atoms with Crippen LogP contribution in [0, 0.1) is 0 Å². The average molecular weight is 351 g/mol. The number of nitrogens with two attached hydrogens (primary N) is 1. The predicted octanol–water partition coefficient (Wildman–Crippen LogP) is 4.63. The van der Waals surface area contributed by atoms with Gasteiger partial charge in [0.05, 0.1) is 6.10 Å². The number of rotatable bonds is 16. The van der Waals surface area contributed by atoms with Crippen molar-refractivity contribution >= 4 is 18.3 Å². The summed E-state index contributed by atoms with van der Waals surface area (Å²) in [6.07, 6.45) is 16.8. The highest BCUT2D eigenvalue weighted by atomic mass is 35.5. The van der Waals surface area contributed by atoms with Crippen molar-refractivity contribution in [3.63, 3.8) is 0 Å². The van der Waals surface area contributed by atoms with Crippen LogP contribution < -0.4 is 11.3 Å². The van der Waals surface area contributed by atoms with Gasteiger partial charge in [-0.15, -0.1) is 12.4 Å². The van der Waals surface area contributed by atoms with E-state index in [1.165, 1.54) is 57.8 Å². The van der Waals surface area contributed by atoms with Gasteiger partial charge in [-0.1, -0.05) is 77.6 Å². The maximum absolute atomic E-state index is 10.9. The molecule has 0 aromatic heterocycles. The molecule has 23 heavy (non-hydrogen) atoms. The number of carbonyl (C=O) groups excluding carboxylic acids is 1. The van der Waals surface area contributed by atoms with E-state index in [1.807, 2.05) is 0 Å². The van der Waals surface area contributed by atoms with Gasteiger partial charge in [0.2, 0.25) is 5.91 Å². The van der Waals surface area contributed by atoms with Crippen LogP contribution in [0.25, 0.3) is 0 Å². The third-order valence-electron chi connectivity index (χ3n) is 4.24. The van der Waals surface area contributed by atoms with Crippen LogP contribution in [0.4, 0.5) is 0 Å². The van der Waals surface area contributed by atoms with Gasteiger partial charge in [0.1, 0.15) is 0 Å². The van der Waals surface area contributed by atoms with Crippen LogP contribution in [0.15, 0.2) is 0 Å². The normalized spacial score (nSPS) is 11.8. The Balaban J connectivity index is 0. The number of carbonyl (C=O) groups is 1. The molecule has 0 rings (SSSR count). The van der Waals surface area contributed by atoms with Gasteiger partial charge < -0.3 is 5.11 Å². The van der Waals surface area contributed by atoms with Crippen LogP contribution in [0.3, 0.4) is 0 Å². The predicted molar refractivity (Wildman–Crippen MR) is 101 cm³/mol. The standard InChI is InChI=1S/C18H38N2O2.ClH/c1-2-3-4-8-11-14-17(21)15-12-9-6-5-7-10-13-16-18(22)20-19;/h17,21H,2-16,19H2,1H3,(H,20,22);1H. The smallest absolute Gasteiger partial charge is 0.233 e. The van der Waals surface area contributed by atoms with Gasteiger partial charge in [0, 0.05) is 6.42 Å². The Morgan fingerprint density at radius 2 is 1.30 bits per heavy atom. The third-order valence-corrected chi connectivity index (χ3v) is 4.24. The Hall–Kier alpha value is -0.320. The van der Waals surface area contributed by atoms with E-state index in [2.05, 4.69) is 12.3 Å². The summed E-state index contributed by atoms with van der Waals surface area (Å²) < 4.78 is 0. The van der Waals surface area contributed by atoms with Gasteiger partial charge in [-0.05, 0) is 19.3 Å². The van der Waals surface area contributed by atoms with Gasteiger partial charge in [-0.3, -0.25) is 10.2 Å². The van der Waals surface area contributed by atoms with E-state index in [1.54, 1.807) is 0 Å². The fourth-order valence-electron chi connectivity index (χ4n) is 2.75. The van der Waals surface area contributed by atoms with Gasteiger partial charge in [-0.25, -0.2) is 5.84 Å². The zero-order valence-electron chi connectivity index (χ0n) is 15.0. The molecule has 0 spiro atoms. The highest BCUT2D eigenvalue weighted by Crippen LogP contribution is 2.14. The van der Waals surface area contributed by atoms with Crippen molar-refractivity contribution in [2.45, 2.75) is 109 Å². The average Bonchev–Trinajstić information content (AvgIpc) is 2.52. The number of aliphatic hydroxyl groups excluding tert-OH is 1. The monoisotopic (exact) mass is 350 g/mol. The highest BCUT2D eigenvalue weighted by Gasteiger charge is 2.03. The van der Waals surface area contributed by atoms with E-state index >= 15 is 0 Å². The lowest BCUT2D eigenvalue weighted by Gasteiger charge is -2.10. The summed E-state index contributed by atoms with van der Waals surface area (Å²) >= 11 is 0. The number of halogens is 1. The summed E-state index contributed by atoms with van der Waals surface area (Å²) in [5.74, 6) is 4.96. The van der Waals surface area contributed by atoms with Crippen molar-refractivity contribution in [1.29, 1.82) is 0 Å². The summed E-state index contributed by atoms with van der Waals surface area (Å²) in [6.45, 7) is 2.23. The molecule has 0 radical (unpaired) electrons. The van der Waals surface area contributed by atoms with Gasteiger partial charge >= 0.3 is 0 Å². The molecular formula is C18H39ClN2O2. The lowest BCUT2D eigenvalue weighted by atomic mass is 10.0. The Bertz CT molecular complexity index is 253. The van der Waals surface area contributed by atoms with Gasteiger partial charge in [0.15, 0.2) is 0 Å². The molecule has 1 atom stereocenters. The molecule has 1 amide bonds. The highest BCUT2D eigenvalue weighted by molar-refractivity contribution is 5.85. The van der Waals surface area contributed by atoms with E-state index in [4.69, 9.17) is 5.84 Å². The Morgan fingerprint density at radius 3 is 1.78 bits per heavy atom. The molecule has 1 unspecified atom stereocenters. The van der Waals surface area contributed by atoms with E-state index in [0.29, 0.717) is 6.42 Å².